The summed E-state index contributed by atoms with van der Waals surface area (Å²) in [4.78, 5) is -0.205. The van der Waals surface area contributed by atoms with E-state index in [1.807, 2.05) is 0 Å². The van der Waals surface area contributed by atoms with Crippen LogP contribution in [-0.2, 0) is 22.7 Å². The summed E-state index contributed by atoms with van der Waals surface area (Å²) in [7, 11) is -2.56. The van der Waals surface area contributed by atoms with Crippen molar-refractivity contribution in [3.8, 4) is 11.5 Å². The van der Waals surface area contributed by atoms with E-state index in [0.29, 0.717) is 17.1 Å². The Bertz CT molecular complexity index is 879. The minimum atomic E-state index is -4.51. The maximum atomic E-state index is 12.6. The molecule has 1 heterocycles. The van der Waals surface area contributed by atoms with Gasteiger partial charge in [0.1, 0.15) is 0 Å². The van der Waals surface area contributed by atoms with Crippen molar-refractivity contribution in [3.63, 3.8) is 0 Å². The third-order valence-corrected chi connectivity index (χ3v) is 5.55. The molecule has 0 spiro atoms. The van der Waals surface area contributed by atoms with Gasteiger partial charge in [0.2, 0.25) is 16.8 Å². The molecule has 0 saturated carbocycles. The van der Waals surface area contributed by atoms with Crippen LogP contribution in [0.4, 0.5) is 13.2 Å². The number of rotatable bonds is 4. The Hall–Kier alpha value is -2.26. The largest absolute Gasteiger partial charge is 0.454 e. The molecule has 3 rings (SSSR count). The smallest absolute Gasteiger partial charge is 0.416 e. The fourth-order valence-corrected chi connectivity index (χ4v) is 3.54. The van der Waals surface area contributed by atoms with Crippen molar-refractivity contribution in [2.24, 2.45) is 0 Å². The predicted molar refractivity (Wildman–Crippen MR) is 82.7 cm³/mol. The molecule has 134 valence electrons. The summed E-state index contributed by atoms with van der Waals surface area (Å²) in [5.41, 5.74) is -0.230. The van der Waals surface area contributed by atoms with Crippen molar-refractivity contribution >= 4 is 10.0 Å². The van der Waals surface area contributed by atoms with Gasteiger partial charge in [-0.2, -0.15) is 17.5 Å². The van der Waals surface area contributed by atoms with E-state index in [4.69, 9.17) is 9.47 Å². The van der Waals surface area contributed by atoms with Crippen molar-refractivity contribution in [1.29, 1.82) is 0 Å². The van der Waals surface area contributed by atoms with Crippen molar-refractivity contribution in [2.45, 2.75) is 17.6 Å². The molecule has 0 atom stereocenters. The zero-order valence-electron chi connectivity index (χ0n) is 13.1. The summed E-state index contributed by atoms with van der Waals surface area (Å²) in [5.74, 6) is 1.11. The highest BCUT2D eigenvalue weighted by Crippen LogP contribution is 2.33. The number of benzene rings is 2. The maximum Gasteiger partial charge on any atom is 0.416 e. The van der Waals surface area contributed by atoms with Crippen molar-refractivity contribution in [3.05, 3.63) is 53.6 Å². The second kappa shape index (κ2) is 6.23. The predicted octanol–water partition coefficient (Wildman–Crippen LogP) is 3.25. The first-order chi connectivity index (χ1) is 11.7. The van der Waals surface area contributed by atoms with Crippen LogP contribution in [0.25, 0.3) is 0 Å². The average molecular weight is 373 g/mol. The van der Waals surface area contributed by atoms with Gasteiger partial charge in [0.05, 0.1) is 10.5 Å². The minimum Gasteiger partial charge on any atom is -0.454 e. The normalized spacial score (nSPS) is 14.1. The Labute approximate surface area is 142 Å². The highest BCUT2D eigenvalue weighted by molar-refractivity contribution is 7.89. The third-order valence-electron chi connectivity index (χ3n) is 3.73. The van der Waals surface area contributed by atoms with Crippen LogP contribution in [0.15, 0.2) is 47.4 Å². The van der Waals surface area contributed by atoms with E-state index in [1.54, 1.807) is 18.2 Å². The fraction of sp³-hybridized carbons (Fsp3) is 0.250. The van der Waals surface area contributed by atoms with Crippen LogP contribution in [0.3, 0.4) is 0 Å². The highest BCUT2D eigenvalue weighted by atomic mass is 32.2. The molecule has 2 aromatic carbocycles. The monoisotopic (exact) mass is 373 g/mol. The Morgan fingerprint density at radius 3 is 2.32 bits per heavy atom. The van der Waals surface area contributed by atoms with E-state index < -0.39 is 21.8 Å². The van der Waals surface area contributed by atoms with Gasteiger partial charge in [-0.1, -0.05) is 6.07 Å². The van der Waals surface area contributed by atoms with Gasteiger partial charge < -0.3 is 9.47 Å². The van der Waals surface area contributed by atoms with Gasteiger partial charge in [0, 0.05) is 13.6 Å². The topological polar surface area (TPSA) is 55.8 Å². The second-order valence-corrected chi connectivity index (χ2v) is 7.52. The number of fused-ring (bicyclic) bond motifs is 1. The highest BCUT2D eigenvalue weighted by Gasteiger charge is 2.31. The van der Waals surface area contributed by atoms with Gasteiger partial charge in [-0.25, -0.2) is 8.42 Å². The molecule has 0 radical (unpaired) electrons. The van der Waals surface area contributed by atoms with E-state index in [-0.39, 0.29) is 18.2 Å². The molecule has 0 fully saturated rings. The first kappa shape index (κ1) is 17.6. The third kappa shape index (κ3) is 3.57. The van der Waals surface area contributed by atoms with Crippen LogP contribution in [0.5, 0.6) is 11.5 Å². The van der Waals surface area contributed by atoms with Crippen molar-refractivity contribution in [1.82, 2.24) is 4.31 Å². The lowest BCUT2D eigenvalue weighted by atomic mass is 10.2. The fourth-order valence-electron chi connectivity index (χ4n) is 2.38. The molecule has 1 aliphatic rings. The molecule has 0 aliphatic carbocycles. The van der Waals surface area contributed by atoms with Crippen LogP contribution in [-0.4, -0.2) is 26.6 Å². The van der Waals surface area contributed by atoms with Crippen LogP contribution >= 0.6 is 0 Å². The molecule has 2 aromatic rings. The first-order valence-corrected chi connectivity index (χ1v) is 8.64. The minimum absolute atomic E-state index is 0.0417. The first-order valence-electron chi connectivity index (χ1n) is 7.20. The van der Waals surface area contributed by atoms with Crippen LogP contribution in [0.1, 0.15) is 11.1 Å². The second-order valence-electron chi connectivity index (χ2n) is 5.47. The van der Waals surface area contributed by atoms with E-state index in [2.05, 4.69) is 0 Å². The molecule has 25 heavy (non-hydrogen) atoms. The molecule has 0 unspecified atom stereocenters. The Balaban J connectivity index is 1.79. The number of halogens is 3. The number of sulfonamides is 1. The molecule has 0 aromatic heterocycles. The van der Waals surface area contributed by atoms with Gasteiger partial charge >= 0.3 is 6.18 Å². The molecule has 0 N–H and O–H groups in total. The molecule has 0 saturated heterocycles. The number of alkyl halides is 3. The number of ether oxygens (including phenoxy) is 2. The Morgan fingerprint density at radius 2 is 1.68 bits per heavy atom. The van der Waals surface area contributed by atoms with Crippen molar-refractivity contribution < 1.29 is 31.1 Å². The van der Waals surface area contributed by atoms with E-state index in [1.165, 1.54) is 7.05 Å². The van der Waals surface area contributed by atoms with E-state index >= 15 is 0 Å². The average Bonchev–Trinajstić information content (AvgIpc) is 3.01. The zero-order valence-corrected chi connectivity index (χ0v) is 13.9. The number of hydrogen-bond acceptors (Lipinski definition) is 4. The maximum absolute atomic E-state index is 12.6. The summed E-state index contributed by atoms with van der Waals surface area (Å²) in [5, 5.41) is 0. The van der Waals surface area contributed by atoms with Gasteiger partial charge in [0.25, 0.3) is 0 Å². The Morgan fingerprint density at radius 1 is 1.04 bits per heavy atom. The van der Waals surface area contributed by atoms with E-state index in [9.17, 15) is 21.6 Å². The lowest BCUT2D eigenvalue weighted by Gasteiger charge is -2.18. The molecule has 5 nitrogen and oxygen atoms in total. The zero-order chi connectivity index (χ0) is 18.2. The van der Waals surface area contributed by atoms with Crippen LogP contribution < -0.4 is 9.47 Å². The number of hydrogen-bond donors (Lipinski definition) is 0. The van der Waals surface area contributed by atoms with Gasteiger partial charge in [-0.15, -0.1) is 0 Å². The van der Waals surface area contributed by atoms with Crippen LogP contribution in [0.2, 0.25) is 0 Å². The summed E-state index contributed by atoms with van der Waals surface area (Å²) < 4.78 is 74.3. The molecule has 0 bridgehead atoms. The summed E-state index contributed by atoms with van der Waals surface area (Å²) in [6.07, 6.45) is -4.51. The molecule has 1 aliphatic heterocycles. The standard InChI is InChI=1S/C16H14F3NO4S/c1-20(9-11-2-7-14-15(8-11)24-10-23-14)25(21,22)13-5-3-12(4-6-13)16(17,18)19/h2-8H,9-10H2,1H3. The molecule has 0 amide bonds. The van der Waals surface area contributed by atoms with Gasteiger partial charge in [-0.3, -0.25) is 0 Å². The quantitative estimate of drug-likeness (QED) is 0.826. The lowest BCUT2D eigenvalue weighted by Crippen LogP contribution is -2.26. The number of nitrogens with zero attached hydrogens (tertiary/aromatic N) is 1. The van der Waals surface area contributed by atoms with Crippen LogP contribution in [0, 0.1) is 0 Å². The lowest BCUT2D eigenvalue weighted by molar-refractivity contribution is -0.137. The van der Waals surface area contributed by atoms with E-state index in [0.717, 1.165) is 28.6 Å². The molecular weight excluding hydrogens is 359 g/mol. The van der Waals surface area contributed by atoms with Gasteiger partial charge in [-0.05, 0) is 42.0 Å². The summed E-state index contributed by atoms with van der Waals surface area (Å²) in [6.45, 7) is 0.151. The summed E-state index contributed by atoms with van der Waals surface area (Å²) >= 11 is 0. The Kier molecular flexibility index (Phi) is 4.38. The van der Waals surface area contributed by atoms with Crippen molar-refractivity contribution in [2.75, 3.05) is 13.8 Å². The summed E-state index contributed by atoms with van der Waals surface area (Å²) in [6, 6.07) is 8.45. The molecule has 9 heteroatoms. The molecular formula is C16H14F3NO4S. The van der Waals surface area contributed by atoms with Gasteiger partial charge in [0.15, 0.2) is 11.5 Å². The SMILES string of the molecule is CN(Cc1ccc2c(c1)OCO2)S(=O)(=O)c1ccc(C(F)(F)F)cc1.